The number of aromatic nitrogens is 2. The van der Waals surface area contributed by atoms with Gasteiger partial charge in [0, 0.05) is 12.7 Å². The van der Waals surface area contributed by atoms with Crippen molar-refractivity contribution in [2.75, 3.05) is 31.3 Å². The SMILES string of the molecule is COc1nc(C)cnc1N(c1ccccc1)S(=O)(=O)C1=CN(COC(C)COC(C)(C)C)CC=C1. The molecule has 0 amide bonds. The highest BCUT2D eigenvalue weighted by atomic mass is 32.2. The smallest absolute Gasteiger partial charge is 0.271 e. The zero-order chi connectivity index (χ0) is 25.6. The van der Waals surface area contributed by atoms with Crippen LogP contribution in [0.15, 0.2) is 59.8 Å². The number of methoxy groups -OCH3 is 1. The lowest BCUT2D eigenvalue weighted by Gasteiger charge is -2.29. The normalized spacial score (nSPS) is 15.0. The Balaban J connectivity index is 1.89. The first kappa shape index (κ1) is 26.7. The van der Waals surface area contributed by atoms with Crippen molar-refractivity contribution in [3.63, 3.8) is 0 Å². The average Bonchev–Trinajstić information content (AvgIpc) is 2.82. The van der Waals surface area contributed by atoms with Crippen LogP contribution in [0.4, 0.5) is 11.5 Å². The summed E-state index contributed by atoms with van der Waals surface area (Å²) in [7, 11) is -2.64. The van der Waals surface area contributed by atoms with E-state index in [2.05, 4.69) is 9.97 Å². The molecule has 0 N–H and O–H groups in total. The fraction of sp³-hybridized carbons (Fsp3) is 0.440. The first-order chi connectivity index (χ1) is 16.5. The van der Waals surface area contributed by atoms with Gasteiger partial charge in [0.2, 0.25) is 5.82 Å². The molecule has 9 nitrogen and oxygen atoms in total. The average molecular weight is 503 g/mol. The Morgan fingerprint density at radius 2 is 1.91 bits per heavy atom. The molecular formula is C25H34N4O5S. The van der Waals surface area contributed by atoms with Crippen molar-refractivity contribution in [1.82, 2.24) is 14.9 Å². The number of aryl methyl sites for hydroxylation is 1. The molecule has 2 heterocycles. The molecule has 1 atom stereocenters. The van der Waals surface area contributed by atoms with Gasteiger partial charge in [-0.15, -0.1) is 0 Å². The Hall–Kier alpha value is -2.95. The van der Waals surface area contributed by atoms with Gasteiger partial charge < -0.3 is 19.1 Å². The third-order valence-corrected chi connectivity index (χ3v) is 6.67. The van der Waals surface area contributed by atoms with Crippen LogP contribution in [0.2, 0.25) is 0 Å². The molecule has 10 heteroatoms. The molecule has 1 unspecified atom stereocenters. The topological polar surface area (TPSA) is 94.1 Å². The van der Waals surface area contributed by atoms with E-state index in [-0.39, 0.29) is 35.0 Å². The van der Waals surface area contributed by atoms with Gasteiger partial charge in [0.1, 0.15) is 11.6 Å². The van der Waals surface area contributed by atoms with Crippen LogP contribution in [-0.4, -0.2) is 62.0 Å². The zero-order valence-electron chi connectivity index (χ0n) is 21.1. The quantitative estimate of drug-likeness (QED) is 0.478. The third-order valence-electron chi connectivity index (χ3n) is 4.97. The lowest BCUT2D eigenvalue weighted by Crippen LogP contribution is -2.33. The summed E-state index contributed by atoms with van der Waals surface area (Å²) < 4.78 is 46.1. The van der Waals surface area contributed by atoms with Crippen LogP contribution in [-0.2, 0) is 19.5 Å². The Morgan fingerprint density at radius 3 is 2.57 bits per heavy atom. The summed E-state index contributed by atoms with van der Waals surface area (Å²) in [5, 5.41) is 0. The van der Waals surface area contributed by atoms with Crippen molar-refractivity contribution in [3.05, 3.63) is 65.5 Å². The molecule has 190 valence electrons. The van der Waals surface area contributed by atoms with Crippen LogP contribution in [0.25, 0.3) is 0 Å². The summed E-state index contributed by atoms with van der Waals surface area (Å²) in [5.41, 5.74) is 0.772. The van der Waals surface area contributed by atoms with Crippen LogP contribution in [0.3, 0.4) is 0 Å². The van der Waals surface area contributed by atoms with Gasteiger partial charge in [0.25, 0.3) is 15.9 Å². The van der Waals surface area contributed by atoms with Gasteiger partial charge in [-0.3, -0.25) is 0 Å². The third kappa shape index (κ3) is 7.03. The fourth-order valence-corrected chi connectivity index (χ4v) is 4.74. The van der Waals surface area contributed by atoms with E-state index in [1.54, 1.807) is 54.4 Å². The molecule has 1 aromatic heterocycles. The maximum Gasteiger partial charge on any atom is 0.271 e. The van der Waals surface area contributed by atoms with Gasteiger partial charge in [-0.2, -0.15) is 0 Å². The Morgan fingerprint density at radius 1 is 1.20 bits per heavy atom. The number of hydrogen-bond acceptors (Lipinski definition) is 8. The number of ether oxygens (including phenoxy) is 3. The molecule has 1 aliphatic heterocycles. The number of allylic oxidation sites excluding steroid dienone is 1. The minimum Gasteiger partial charge on any atom is -0.478 e. The van der Waals surface area contributed by atoms with Crippen molar-refractivity contribution in [2.24, 2.45) is 0 Å². The Kier molecular flexibility index (Phi) is 8.52. The first-order valence-corrected chi connectivity index (χ1v) is 12.8. The van der Waals surface area contributed by atoms with Crippen molar-refractivity contribution in [1.29, 1.82) is 0 Å². The maximum atomic E-state index is 13.9. The molecule has 0 bridgehead atoms. The van der Waals surface area contributed by atoms with E-state index in [1.807, 2.05) is 33.8 Å². The molecule has 35 heavy (non-hydrogen) atoms. The molecule has 0 aliphatic carbocycles. The number of anilines is 2. The molecule has 1 aromatic carbocycles. The number of benzene rings is 1. The first-order valence-electron chi connectivity index (χ1n) is 11.4. The van der Waals surface area contributed by atoms with Gasteiger partial charge >= 0.3 is 0 Å². The summed E-state index contributed by atoms with van der Waals surface area (Å²) in [6, 6.07) is 8.74. The summed E-state index contributed by atoms with van der Waals surface area (Å²) in [5.74, 6) is 0.200. The largest absolute Gasteiger partial charge is 0.478 e. The van der Waals surface area contributed by atoms with E-state index in [0.717, 1.165) is 4.31 Å². The van der Waals surface area contributed by atoms with Crippen molar-refractivity contribution >= 4 is 21.5 Å². The molecule has 2 aromatic rings. The van der Waals surface area contributed by atoms with Gasteiger partial charge in [-0.05, 0) is 52.8 Å². The van der Waals surface area contributed by atoms with E-state index >= 15 is 0 Å². The van der Waals surface area contributed by atoms with Crippen LogP contribution in [0, 0.1) is 6.92 Å². The van der Waals surface area contributed by atoms with Crippen LogP contribution >= 0.6 is 0 Å². The molecule has 0 saturated heterocycles. The van der Waals surface area contributed by atoms with Gasteiger partial charge in [-0.25, -0.2) is 22.7 Å². The van der Waals surface area contributed by atoms with E-state index in [9.17, 15) is 8.42 Å². The monoisotopic (exact) mass is 502 g/mol. The number of hydrogen-bond donors (Lipinski definition) is 0. The molecule has 3 rings (SSSR count). The highest BCUT2D eigenvalue weighted by Gasteiger charge is 2.33. The molecule has 0 spiro atoms. The second-order valence-electron chi connectivity index (χ2n) is 9.18. The van der Waals surface area contributed by atoms with Crippen molar-refractivity contribution < 1.29 is 22.6 Å². The van der Waals surface area contributed by atoms with E-state index in [4.69, 9.17) is 14.2 Å². The van der Waals surface area contributed by atoms with E-state index in [0.29, 0.717) is 24.5 Å². The van der Waals surface area contributed by atoms with Crippen LogP contribution in [0.5, 0.6) is 5.88 Å². The summed E-state index contributed by atoms with van der Waals surface area (Å²) in [6.07, 6.45) is 6.31. The number of sulfonamides is 1. The van der Waals surface area contributed by atoms with Crippen molar-refractivity contribution in [3.8, 4) is 5.88 Å². The Bertz CT molecular complexity index is 1160. The summed E-state index contributed by atoms with van der Waals surface area (Å²) in [4.78, 5) is 10.6. The minimum atomic E-state index is -4.07. The van der Waals surface area contributed by atoms with Crippen molar-refractivity contribution in [2.45, 2.75) is 46.3 Å². The zero-order valence-corrected chi connectivity index (χ0v) is 21.9. The van der Waals surface area contributed by atoms with Crippen LogP contribution < -0.4 is 9.04 Å². The van der Waals surface area contributed by atoms with E-state index < -0.39 is 10.0 Å². The summed E-state index contributed by atoms with van der Waals surface area (Å²) in [6.45, 7) is 10.8. The summed E-state index contributed by atoms with van der Waals surface area (Å²) >= 11 is 0. The molecule has 0 radical (unpaired) electrons. The highest BCUT2D eigenvalue weighted by molar-refractivity contribution is 7.97. The lowest BCUT2D eigenvalue weighted by atomic mass is 10.2. The molecular weight excluding hydrogens is 468 g/mol. The predicted molar refractivity (Wildman–Crippen MR) is 136 cm³/mol. The van der Waals surface area contributed by atoms with E-state index in [1.165, 1.54) is 13.3 Å². The van der Waals surface area contributed by atoms with Gasteiger partial charge in [0.05, 0.1) is 43.0 Å². The highest BCUT2D eigenvalue weighted by Crippen LogP contribution is 2.36. The minimum absolute atomic E-state index is 0.0833. The number of para-hydroxylation sites is 1. The number of rotatable bonds is 10. The molecule has 0 fully saturated rings. The molecule has 0 saturated carbocycles. The second kappa shape index (κ2) is 11.2. The molecule has 1 aliphatic rings. The second-order valence-corrected chi connectivity index (χ2v) is 11.0. The predicted octanol–water partition coefficient (Wildman–Crippen LogP) is 4.15. The van der Waals surface area contributed by atoms with Crippen LogP contribution in [0.1, 0.15) is 33.4 Å². The fourth-order valence-electron chi connectivity index (χ4n) is 3.23. The van der Waals surface area contributed by atoms with Gasteiger partial charge in [0.15, 0.2) is 0 Å². The van der Waals surface area contributed by atoms with Gasteiger partial charge in [-0.1, -0.05) is 24.3 Å². The standard InChI is InChI=1S/C25H34N4O5S/c1-19-15-26-23(24(27-19)32-6)29(21-11-8-7-9-12-21)35(30,31)22-13-10-14-28(16-22)18-33-20(2)17-34-25(3,4)5/h7-13,15-16,20H,14,17-18H2,1-6H3. The Labute approximate surface area is 208 Å². The number of nitrogens with zero attached hydrogens (tertiary/aromatic N) is 4. The maximum absolute atomic E-state index is 13.9. The lowest BCUT2D eigenvalue weighted by molar-refractivity contribution is -0.0818.